The van der Waals surface area contributed by atoms with Crippen LogP contribution in [0.25, 0.3) is 0 Å². The second kappa shape index (κ2) is 9.22. The molecule has 1 aliphatic heterocycles. The topological polar surface area (TPSA) is 61.4 Å². The summed E-state index contributed by atoms with van der Waals surface area (Å²) in [5, 5.41) is 6.06. The first-order chi connectivity index (χ1) is 13.8. The number of nitrogens with one attached hydrogen (secondary N) is 2. The van der Waals surface area contributed by atoms with Gasteiger partial charge < -0.3 is 15.5 Å². The summed E-state index contributed by atoms with van der Waals surface area (Å²) in [5.41, 5.74) is 0.890. The minimum Gasteiger partial charge on any atom is -0.326 e. The van der Waals surface area contributed by atoms with Crippen LogP contribution in [0.3, 0.4) is 0 Å². The highest BCUT2D eigenvalue weighted by Crippen LogP contribution is 2.27. The lowest BCUT2D eigenvalue weighted by Gasteiger charge is -2.34. The van der Waals surface area contributed by atoms with Crippen molar-refractivity contribution in [2.24, 2.45) is 11.8 Å². The minimum absolute atomic E-state index is 0.0971. The molecule has 2 aromatic carbocycles. The third-order valence-electron chi connectivity index (χ3n) is 5.23. The van der Waals surface area contributed by atoms with Gasteiger partial charge in [-0.1, -0.05) is 18.5 Å². The van der Waals surface area contributed by atoms with E-state index in [0.29, 0.717) is 36.6 Å². The zero-order valence-corrected chi connectivity index (χ0v) is 16.7. The second-order valence-electron chi connectivity index (χ2n) is 7.17. The van der Waals surface area contributed by atoms with Crippen molar-refractivity contribution in [1.82, 2.24) is 4.90 Å². The van der Waals surface area contributed by atoms with E-state index in [2.05, 4.69) is 10.6 Å². The molecule has 29 heavy (non-hydrogen) atoms. The van der Waals surface area contributed by atoms with Crippen LogP contribution in [-0.4, -0.2) is 29.9 Å². The zero-order chi connectivity index (χ0) is 21.0. The summed E-state index contributed by atoms with van der Waals surface area (Å²) in [7, 11) is 0. The van der Waals surface area contributed by atoms with Gasteiger partial charge in [0.15, 0.2) is 11.6 Å². The normalized spacial score (nSPS) is 15.7. The third kappa shape index (κ3) is 5.44. The molecule has 5 nitrogen and oxygen atoms in total. The largest absolute Gasteiger partial charge is 0.326 e. The van der Waals surface area contributed by atoms with Crippen LogP contribution >= 0.6 is 11.6 Å². The fraction of sp³-hybridized carbons (Fsp3) is 0.333. The Morgan fingerprint density at radius 1 is 1.00 bits per heavy atom. The number of hydrogen-bond acceptors (Lipinski definition) is 2. The minimum atomic E-state index is -1.00. The van der Waals surface area contributed by atoms with Crippen LogP contribution < -0.4 is 10.6 Å². The molecule has 1 atom stereocenters. The highest BCUT2D eigenvalue weighted by molar-refractivity contribution is 6.30. The molecule has 0 aromatic heterocycles. The maximum absolute atomic E-state index is 13.3. The number of halogens is 3. The maximum atomic E-state index is 13.3. The zero-order valence-electron chi connectivity index (χ0n) is 15.9. The molecular weight excluding hydrogens is 400 g/mol. The Morgan fingerprint density at radius 2 is 1.62 bits per heavy atom. The van der Waals surface area contributed by atoms with Crippen molar-refractivity contribution < 1.29 is 18.4 Å². The van der Waals surface area contributed by atoms with Crippen LogP contribution in [0.2, 0.25) is 5.02 Å². The lowest BCUT2D eigenvalue weighted by molar-refractivity contribution is -0.121. The van der Waals surface area contributed by atoms with Gasteiger partial charge in [0.05, 0.1) is 0 Å². The Bertz CT molecular complexity index is 884. The molecule has 1 fully saturated rings. The van der Waals surface area contributed by atoms with Crippen molar-refractivity contribution in [3.8, 4) is 0 Å². The van der Waals surface area contributed by atoms with E-state index in [4.69, 9.17) is 11.6 Å². The first-order valence-electron chi connectivity index (χ1n) is 9.41. The van der Waals surface area contributed by atoms with Crippen molar-refractivity contribution in [1.29, 1.82) is 0 Å². The van der Waals surface area contributed by atoms with E-state index in [0.717, 1.165) is 12.1 Å². The van der Waals surface area contributed by atoms with Crippen LogP contribution in [0.1, 0.15) is 19.8 Å². The molecule has 1 aliphatic rings. The Morgan fingerprint density at radius 3 is 2.24 bits per heavy atom. The Balaban J connectivity index is 1.49. The van der Waals surface area contributed by atoms with Gasteiger partial charge in [-0.3, -0.25) is 4.79 Å². The predicted octanol–water partition coefficient (Wildman–Crippen LogP) is 5.14. The van der Waals surface area contributed by atoms with Crippen LogP contribution in [-0.2, 0) is 4.79 Å². The van der Waals surface area contributed by atoms with Gasteiger partial charge in [-0.05, 0) is 55.2 Å². The molecule has 0 bridgehead atoms. The lowest BCUT2D eigenvalue weighted by Crippen LogP contribution is -2.43. The number of piperidine rings is 1. The van der Waals surface area contributed by atoms with E-state index in [1.165, 1.54) is 6.07 Å². The summed E-state index contributed by atoms with van der Waals surface area (Å²) in [4.78, 5) is 26.6. The number of nitrogens with zero attached hydrogens (tertiary/aromatic N) is 1. The third-order valence-corrected chi connectivity index (χ3v) is 5.48. The molecule has 0 spiro atoms. The van der Waals surface area contributed by atoms with Gasteiger partial charge in [-0.15, -0.1) is 0 Å². The molecule has 0 saturated carbocycles. The van der Waals surface area contributed by atoms with Crippen LogP contribution in [0, 0.1) is 23.5 Å². The van der Waals surface area contributed by atoms with Crippen LogP contribution in [0.4, 0.5) is 25.0 Å². The second-order valence-corrected chi connectivity index (χ2v) is 7.60. The van der Waals surface area contributed by atoms with Gasteiger partial charge in [0.25, 0.3) is 0 Å². The number of likely N-dealkylation sites (tertiary alicyclic amines) is 1. The van der Waals surface area contributed by atoms with E-state index in [9.17, 15) is 18.4 Å². The molecule has 3 amide bonds. The number of amides is 3. The van der Waals surface area contributed by atoms with Gasteiger partial charge in [0.2, 0.25) is 5.91 Å². The van der Waals surface area contributed by atoms with Crippen molar-refractivity contribution in [3.63, 3.8) is 0 Å². The summed E-state index contributed by atoms with van der Waals surface area (Å²) in [5.74, 6) is -2.43. The first-order valence-corrected chi connectivity index (χ1v) is 9.78. The summed E-state index contributed by atoms with van der Waals surface area (Å²) in [6.45, 7) is 2.88. The predicted molar refractivity (Wildman–Crippen MR) is 109 cm³/mol. The van der Waals surface area contributed by atoms with E-state index in [1.54, 1.807) is 29.2 Å². The molecule has 8 heteroatoms. The average molecular weight is 422 g/mol. The van der Waals surface area contributed by atoms with Gasteiger partial charge in [0, 0.05) is 41.5 Å². The molecule has 0 aliphatic carbocycles. The van der Waals surface area contributed by atoms with Crippen molar-refractivity contribution in [3.05, 3.63) is 59.1 Å². The lowest BCUT2D eigenvalue weighted by atomic mass is 9.85. The smallest absolute Gasteiger partial charge is 0.321 e. The van der Waals surface area contributed by atoms with Crippen molar-refractivity contribution in [2.45, 2.75) is 19.8 Å². The number of carbonyl (C=O) groups is 2. The highest BCUT2D eigenvalue weighted by atomic mass is 35.5. The summed E-state index contributed by atoms with van der Waals surface area (Å²) < 4.78 is 26.3. The first kappa shape index (κ1) is 21.0. The fourth-order valence-corrected chi connectivity index (χ4v) is 3.51. The molecule has 3 rings (SSSR count). The Hall–Kier alpha value is -2.67. The van der Waals surface area contributed by atoms with E-state index >= 15 is 0 Å². The van der Waals surface area contributed by atoms with Gasteiger partial charge in [0.1, 0.15) is 0 Å². The Labute approximate surface area is 173 Å². The van der Waals surface area contributed by atoms with Gasteiger partial charge >= 0.3 is 6.03 Å². The molecule has 1 heterocycles. The van der Waals surface area contributed by atoms with Gasteiger partial charge in [-0.25, -0.2) is 13.6 Å². The molecule has 0 unspecified atom stereocenters. The summed E-state index contributed by atoms with van der Waals surface area (Å²) in [6, 6.07) is 9.96. The molecule has 2 N–H and O–H groups in total. The fourth-order valence-electron chi connectivity index (χ4n) is 3.38. The van der Waals surface area contributed by atoms with Crippen molar-refractivity contribution in [2.75, 3.05) is 23.7 Å². The quantitative estimate of drug-likeness (QED) is 0.718. The van der Waals surface area contributed by atoms with E-state index < -0.39 is 11.6 Å². The van der Waals surface area contributed by atoms with Gasteiger partial charge in [-0.2, -0.15) is 0 Å². The number of urea groups is 1. The summed E-state index contributed by atoms with van der Waals surface area (Å²) in [6.07, 6.45) is 1.36. The van der Waals surface area contributed by atoms with E-state index in [1.807, 2.05) is 6.92 Å². The number of benzene rings is 2. The van der Waals surface area contributed by atoms with Crippen molar-refractivity contribution >= 4 is 34.9 Å². The molecular formula is C21H22ClF2N3O2. The molecule has 154 valence electrons. The number of carbonyl (C=O) groups excluding carboxylic acids is 2. The van der Waals surface area contributed by atoms with Crippen LogP contribution in [0.15, 0.2) is 42.5 Å². The molecule has 1 saturated heterocycles. The number of anilines is 2. The SMILES string of the molecule is C[C@H](C(=O)Nc1ccc(F)c(F)c1)C1CCN(C(=O)Nc2ccc(Cl)cc2)CC1. The molecule has 0 radical (unpaired) electrons. The van der Waals surface area contributed by atoms with Crippen LogP contribution in [0.5, 0.6) is 0 Å². The number of rotatable bonds is 4. The number of hydrogen-bond donors (Lipinski definition) is 2. The monoisotopic (exact) mass is 421 g/mol. The van der Waals surface area contributed by atoms with E-state index in [-0.39, 0.29) is 29.5 Å². The molecule has 2 aromatic rings. The highest BCUT2D eigenvalue weighted by Gasteiger charge is 2.30. The summed E-state index contributed by atoms with van der Waals surface area (Å²) >= 11 is 5.84. The Kier molecular flexibility index (Phi) is 6.69. The standard InChI is InChI=1S/C21H22ClF2N3O2/c1-13(20(28)25-17-6-7-18(23)19(24)12-17)14-8-10-27(11-9-14)21(29)26-16-4-2-15(22)3-5-16/h2-7,12-14H,8-11H2,1H3,(H,25,28)(H,26,29)/t13-/m0/s1. The maximum Gasteiger partial charge on any atom is 0.321 e. The average Bonchev–Trinajstić information content (AvgIpc) is 2.72.